The van der Waals surface area contributed by atoms with Gasteiger partial charge in [-0.1, -0.05) is 28.1 Å². The summed E-state index contributed by atoms with van der Waals surface area (Å²) >= 11 is 3.42. The van der Waals surface area contributed by atoms with Crippen molar-refractivity contribution in [2.24, 2.45) is 0 Å². The number of aromatic nitrogens is 2. The highest BCUT2D eigenvalue weighted by Crippen LogP contribution is 2.14. The van der Waals surface area contributed by atoms with Gasteiger partial charge in [0, 0.05) is 23.4 Å². The minimum atomic E-state index is -0.327. The van der Waals surface area contributed by atoms with E-state index in [0.29, 0.717) is 32.3 Å². The summed E-state index contributed by atoms with van der Waals surface area (Å²) in [6, 6.07) is 7.73. The number of imidazole rings is 1. The van der Waals surface area contributed by atoms with Crippen LogP contribution in [0, 0.1) is 0 Å². The summed E-state index contributed by atoms with van der Waals surface area (Å²) in [5.74, 6) is 0.420. The number of anilines is 1. The van der Waals surface area contributed by atoms with Crippen LogP contribution in [0.25, 0.3) is 0 Å². The quantitative estimate of drug-likeness (QED) is 0.864. The molecular weight excluding hydrogens is 348 g/mol. The Kier molecular flexibility index (Phi) is 4.87. The number of nitrogens with one attached hydrogen (secondary N) is 2. The highest BCUT2D eigenvalue weighted by atomic mass is 79.9. The van der Waals surface area contributed by atoms with E-state index in [1.54, 1.807) is 6.20 Å². The number of morpholine rings is 1. The fraction of sp³-hybridized carbons (Fsp3) is 0.333. The van der Waals surface area contributed by atoms with Crippen LogP contribution in [0.3, 0.4) is 0 Å². The van der Waals surface area contributed by atoms with E-state index in [-0.39, 0.29) is 11.9 Å². The van der Waals surface area contributed by atoms with Gasteiger partial charge in [-0.2, -0.15) is 0 Å². The lowest BCUT2D eigenvalue weighted by Gasteiger charge is -2.22. The summed E-state index contributed by atoms with van der Waals surface area (Å²) in [5.41, 5.74) is 1.14. The fourth-order valence-corrected chi connectivity index (χ4v) is 2.54. The maximum atomic E-state index is 12.2. The average molecular weight is 365 g/mol. The normalized spacial score (nSPS) is 18.1. The van der Waals surface area contributed by atoms with Crippen molar-refractivity contribution in [1.82, 2.24) is 14.9 Å². The van der Waals surface area contributed by atoms with Crippen LogP contribution in [0.15, 0.2) is 41.1 Å². The minimum Gasteiger partial charge on any atom is -0.378 e. The van der Waals surface area contributed by atoms with Crippen molar-refractivity contribution in [1.29, 1.82) is 0 Å². The standard InChI is InChI=1S/C15H17BrN4O2/c16-12-3-1-11(2-4-12)9-20-7-5-18-15(20)19-14(21)13-10-22-8-6-17-13/h1-5,7,13,17H,6,8-10H2,(H,18,19,21)/t13-/m1/s1. The van der Waals surface area contributed by atoms with Crippen LogP contribution in [0.2, 0.25) is 0 Å². The Balaban J connectivity index is 1.66. The van der Waals surface area contributed by atoms with E-state index < -0.39 is 0 Å². The molecule has 0 saturated carbocycles. The molecule has 2 N–H and O–H groups in total. The van der Waals surface area contributed by atoms with E-state index in [1.807, 2.05) is 35.0 Å². The predicted molar refractivity (Wildman–Crippen MR) is 86.7 cm³/mol. The summed E-state index contributed by atoms with van der Waals surface area (Å²) in [4.78, 5) is 16.4. The second-order valence-electron chi connectivity index (χ2n) is 5.08. The number of carbonyl (C=O) groups excluding carboxylic acids is 1. The molecule has 2 aromatic rings. The number of nitrogens with zero attached hydrogens (tertiary/aromatic N) is 2. The highest BCUT2D eigenvalue weighted by Gasteiger charge is 2.22. The number of rotatable bonds is 4. The molecule has 1 atom stereocenters. The molecule has 0 aliphatic carbocycles. The third-order valence-electron chi connectivity index (χ3n) is 3.45. The molecule has 116 valence electrons. The van der Waals surface area contributed by atoms with Crippen LogP contribution in [0.4, 0.5) is 5.95 Å². The van der Waals surface area contributed by atoms with Gasteiger partial charge in [-0.3, -0.25) is 10.1 Å². The van der Waals surface area contributed by atoms with Crippen LogP contribution < -0.4 is 10.6 Å². The Bertz CT molecular complexity index is 635. The molecule has 0 radical (unpaired) electrons. The Morgan fingerprint density at radius 2 is 2.27 bits per heavy atom. The van der Waals surface area contributed by atoms with Crippen molar-refractivity contribution in [2.45, 2.75) is 12.6 Å². The molecule has 1 aromatic heterocycles. The van der Waals surface area contributed by atoms with Crippen molar-refractivity contribution in [3.63, 3.8) is 0 Å². The molecule has 1 aliphatic rings. The monoisotopic (exact) mass is 364 g/mol. The second kappa shape index (κ2) is 7.04. The minimum absolute atomic E-state index is 0.122. The number of hydrogen-bond donors (Lipinski definition) is 2. The largest absolute Gasteiger partial charge is 0.378 e. The summed E-state index contributed by atoms with van der Waals surface area (Å²) in [7, 11) is 0. The highest BCUT2D eigenvalue weighted by molar-refractivity contribution is 9.10. The zero-order chi connectivity index (χ0) is 15.4. The Morgan fingerprint density at radius 1 is 1.45 bits per heavy atom. The molecular formula is C15H17BrN4O2. The Morgan fingerprint density at radius 3 is 3.00 bits per heavy atom. The Hall–Kier alpha value is -1.70. The van der Waals surface area contributed by atoms with Gasteiger partial charge in [-0.15, -0.1) is 0 Å². The molecule has 7 heteroatoms. The number of carbonyl (C=O) groups is 1. The van der Waals surface area contributed by atoms with Crippen LogP contribution in [0.1, 0.15) is 5.56 Å². The molecule has 0 bridgehead atoms. The van der Waals surface area contributed by atoms with Gasteiger partial charge in [-0.05, 0) is 17.7 Å². The number of amides is 1. The zero-order valence-electron chi connectivity index (χ0n) is 12.0. The molecule has 6 nitrogen and oxygen atoms in total. The Labute approximate surface area is 137 Å². The van der Waals surface area contributed by atoms with Crippen LogP contribution in [0.5, 0.6) is 0 Å². The first kappa shape index (κ1) is 15.2. The molecule has 1 fully saturated rings. The lowest BCUT2D eigenvalue weighted by molar-refractivity contribution is -0.120. The van der Waals surface area contributed by atoms with Crippen molar-refractivity contribution in [3.05, 3.63) is 46.7 Å². The molecule has 2 heterocycles. The van der Waals surface area contributed by atoms with Crippen molar-refractivity contribution in [3.8, 4) is 0 Å². The molecule has 1 aliphatic heterocycles. The van der Waals surface area contributed by atoms with Gasteiger partial charge in [0.25, 0.3) is 0 Å². The van der Waals surface area contributed by atoms with Crippen LogP contribution in [-0.2, 0) is 16.1 Å². The van der Waals surface area contributed by atoms with Gasteiger partial charge in [0.1, 0.15) is 6.04 Å². The molecule has 22 heavy (non-hydrogen) atoms. The van der Waals surface area contributed by atoms with Gasteiger partial charge >= 0.3 is 0 Å². The summed E-state index contributed by atoms with van der Waals surface area (Å²) in [5, 5.41) is 5.98. The first-order chi connectivity index (χ1) is 10.7. The fourth-order valence-electron chi connectivity index (χ4n) is 2.28. The summed E-state index contributed by atoms with van der Waals surface area (Å²) < 4.78 is 8.25. The van der Waals surface area contributed by atoms with E-state index in [0.717, 1.165) is 10.0 Å². The lowest BCUT2D eigenvalue weighted by atomic mass is 10.2. The van der Waals surface area contributed by atoms with E-state index in [1.165, 1.54) is 0 Å². The van der Waals surface area contributed by atoms with Gasteiger partial charge in [0.05, 0.1) is 19.8 Å². The smallest absolute Gasteiger partial charge is 0.246 e. The first-order valence-corrected chi connectivity index (χ1v) is 7.89. The molecule has 0 spiro atoms. The summed E-state index contributed by atoms with van der Waals surface area (Å²) in [6.07, 6.45) is 3.53. The average Bonchev–Trinajstić information content (AvgIpc) is 2.97. The van der Waals surface area contributed by atoms with Crippen molar-refractivity contribution in [2.75, 3.05) is 25.1 Å². The molecule has 1 amide bonds. The third kappa shape index (κ3) is 3.73. The van der Waals surface area contributed by atoms with E-state index in [4.69, 9.17) is 4.74 Å². The van der Waals surface area contributed by atoms with E-state index in [9.17, 15) is 4.79 Å². The molecule has 3 rings (SSSR count). The maximum Gasteiger partial charge on any atom is 0.246 e. The van der Waals surface area contributed by atoms with E-state index >= 15 is 0 Å². The number of halogens is 1. The number of hydrogen-bond acceptors (Lipinski definition) is 4. The maximum absolute atomic E-state index is 12.2. The van der Waals surface area contributed by atoms with Crippen molar-refractivity contribution < 1.29 is 9.53 Å². The van der Waals surface area contributed by atoms with E-state index in [2.05, 4.69) is 31.5 Å². The molecule has 1 saturated heterocycles. The number of benzene rings is 1. The van der Waals surface area contributed by atoms with Crippen LogP contribution in [-0.4, -0.2) is 41.3 Å². The topological polar surface area (TPSA) is 68.2 Å². The predicted octanol–water partition coefficient (Wildman–Crippen LogP) is 1.62. The van der Waals surface area contributed by atoms with Gasteiger partial charge in [0.15, 0.2) is 0 Å². The molecule has 0 unspecified atom stereocenters. The zero-order valence-corrected chi connectivity index (χ0v) is 13.5. The molecule has 1 aromatic carbocycles. The summed E-state index contributed by atoms with van der Waals surface area (Å²) in [6.45, 7) is 2.37. The second-order valence-corrected chi connectivity index (χ2v) is 5.99. The third-order valence-corrected chi connectivity index (χ3v) is 3.98. The first-order valence-electron chi connectivity index (χ1n) is 7.10. The van der Waals surface area contributed by atoms with Gasteiger partial charge in [-0.25, -0.2) is 4.98 Å². The lowest BCUT2D eigenvalue weighted by Crippen LogP contribution is -2.49. The van der Waals surface area contributed by atoms with Crippen LogP contribution >= 0.6 is 15.9 Å². The van der Waals surface area contributed by atoms with Crippen molar-refractivity contribution >= 4 is 27.8 Å². The van der Waals surface area contributed by atoms with Gasteiger partial charge < -0.3 is 14.6 Å². The van der Waals surface area contributed by atoms with Gasteiger partial charge in [0.2, 0.25) is 11.9 Å². The number of ether oxygens (including phenoxy) is 1. The SMILES string of the molecule is O=C(Nc1nccn1Cc1ccc(Br)cc1)[C@H]1COCCN1.